The van der Waals surface area contributed by atoms with Crippen LogP contribution in [-0.4, -0.2) is 41.6 Å². The van der Waals surface area contributed by atoms with Crippen LogP contribution in [0.4, 0.5) is 4.79 Å². The summed E-state index contributed by atoms with van der Waals surface area (Å²) in [5, 5.41) is 12.4. The van der Waals surface area contributed by atoms with Gasteiger partial charge in [-0.2, -0.15) is 0 Å². The Morgan fingerprint density at radius 2 is 2.14 bits per heavy atom. The quantitative estimate of drug-likeness (QED) is 0.839. The fourth-order valence-electron chi connectivity index (χ4n) is 4.54. The zero-order valence-electron chi connectivity index (χ0n) is 12.8. The Morgan fingerprint density at radius 3 is 2.76 bits per heavy atom. The Morgan fingerprint density at radius 1 is 1.33 bits per heavy atom. The summed E-state index contributed by atoms with van der Waals surface area (Å²) in [5.74, 6) is 1.54. The summed E-state index contributed by atoms with van der Waals surface area (Å²) >= 11 is 0. The van der Waals surface area contributed by atoms with Crippen molar-refractivity contribution in [2.45, 2.75) is 45.4 Å². The summed E-state index contributed by atoms with van der Waals surface area (Å²) in [6, 6.07) is -0.0788. The van der Waals surface area contributed by atoms with Crippen LogP contribution in [0.2, 0.25) is 0 Å². The fourth-order valence-corrected chi connectivity index (χ4v) is 4.54. The van der Waals surface area contributed by atoms with Crippen LogP contribution in [0.1, 0.15) is 45.4 Å². The summed E-state index contributed by atoms with van der Waals surface area (Å²) in [7, 11) is 0. The lowest BCUT2D eigenvalue weighted by Crippen LogP contribution is -2.52. The van der Waals surface area contributed by atoms with E-state index in [4.69, 9.17) is 0 Å². The lowest BCUT2D eigenvalue weighted by atomic mass is 9.82. The molecule has 118 valence electrons. The predicted octanol–water partition coefficient (Wildman–Crippen LogP) is 2.32. The van der Waals surface area contributed by atoms with Gasteiger partial charge in [0.2, 0.25) is 0 Å². The second-order valence-corrected chi connectivity index (χ2v) is 7.51. The number of likely N-dealkylation sites (tertiary alicyclic amines) is 1. The molecule has 2 N–H and O–H groups in total. The summed E-state index contributed by atoms with van der Waals surface area (Å²) in [4.78, 5) is 25.3. The molecule has 2 amide bonds. The number of hydrogen-bond acceptors (Lipinski definition) is 2. The van der Waals surface area contributed by atoms with Gasteiger partial charge in [-0.25, -0.2) is 4.79 Å². The van der Waals surface area contributed by atoms with Crippen molar-refractivity contribution in [1.82, 2.24) is 10.2 Å². The third-order valence-electron chi connectivity index (χ3n) is 5.90. The first-order valence-corrected chi connectivity index (χ1v) is 8.24. The van der Waals surface area contributed by atoms with Crippen LogP contribution in [0.3, 0.4) is 0 Å². The molecular formula is C16H26N2O3. The van der Waals surface area contributed by atoms with Crippen LogP contribution >= 0.6 is 0 Å². The molecule has 3 rings (SSSR count). The van der Waals surface area contributed by atoms with Crippen LogP contribution in [-0.2, 0) is 4.79 Å². The number of nitrogens with one attached hydrogen (secondary N) is 1. The van der Waals surface area contributed by atoms with Gasteiger partial charge in [-0.05, 0) is 56.8 Å². The molecule has 4 unspecified atom stereocenters. The second kappa shape index (κ2) is 5.50. The first-order chi connectivity index (χ1) is 9.98. The summed E-state index contributed by atoms with van der Waals surface area (Å²) in [5.41, 5.74) is -0.790. The van der Waals surface area contributed by atoms with E-state index in [2.05, 4.69) is 5.32 Å². The maximum Gasteiger partial charge on any atom is 0.317 e. The van der Waals surface area contributed by atoms with Crippen LogP contribution in [0, 0.1) is 23.2 Å². The molecule has 2 bridgehead atoms. The maximum absolute atomic E-state index is 12.3. The minimum Gasteiger partial charge on any atom is -0.481 e. The highest BCUT2D eigenvalue weighted by atomic mass is 16.4. The molecule has 1 saturated heterocycles. The molecule has 5 heteroatoms. The van der Waals surface area contributed by atoms with Gasteiger partial charge in [0.25, 0.3) is 0 Å². The highest BCUT2D eigenvalue weighted by Crippen LogP contribution is 2.47. The number of hydrogen-bond donors (Lipinski definition) is 2. The number of rotatable bonds is 3. The van der Waals surface area contributed by atoms with Crippen molar-refractivity contribution in [1.29, 1.82) is 0 Å². The van der Waals surface area contributed by atoms with Crippen molar-refractivity contribution in [2.24, 2.45) is 23.2 Å². The Labute approximate surface area is 126 Å². The molecular weight excluding hydrogens is 268 g/mol. The Hall–Kier alpha value is -1.26. The van der Waals surface area contributed by atoms with E-state index in [0.717, 1.165) is 24.8 Å². The van der Waals surface area contributed by atoms with Gasteiger partial charge in [0, 0.05) is 19.6 Å². The van der Waals surface area contributed by atoms with E-state index in [9.17, 15) is 14.7 Å². The van der Waals surface area contributed by atoms with Crippen molar-refractivity contribution in [2.75, 3.05) is 19.6 Å². The molecule has 0 aromatic rings. The minimum absolute atomic E-state index is 0.0788. The zero-order valence-corrected chi connectivity index (χ0v) is 12.8. The van der Waals surface area contributed by atoms with Crippen molar-refractivity contribution in [3.8, 4) is 0 Å². The van der Waals surface area contributed by atoms with E-state index in [1.165, 1.54) is 25.7 Å². The van der Waals surface area contributed by atoms with Crippen molar-refractivity contribution >= 4 is 12.0 Å². The molecule has 2 saturated carbocycles. The van der Waals surface area contributed by atoms with Crippen molar-refractivity contribution in [3.05, 3.63) is 0 Å². The standard InChI is InChI=1S/C16H26N2O3/c1-16(14(19)20)5-2-6-18(10-16)15(21)17-9-13-8-11-3-4-12(13)7-11/h11-13H,2-10H2,1H3,(H,17,21)(H,19,20). The molecule has 4 atom stereocenters. The fraction of sp³-hybridized carbons (Fsp3) is 0.875. The number of carboxylic acid groups (broad SMARTS) is 1. The van der Waals surface area contributed by atoms with Crippen LogP contribution in [0.25, 0.3) is 0 Å². The Kier molecular flexibility index (Phi) is 3.84. The lowest BCUT2D eigenvalue weighted by Gasteiger charge is -2.37. The largest absolute Gasteiger partial charge is 0.481 e. The third kappa shape index (κ3) is 2.87. The number of carbonyl (C=O) groups is 2. The van der Waals surface area contributed by atoms with Gasteiger partial charge in [0.05, 0.1) is 5.41 Å². The van der Waals surface area contributed by atoms with Crippen LogP contribution in [0.5, 0.6) is 0 Å². The topological polar surface area (TPSA) is 69.6 Å². The number of nitrogens with zero attached hydrogens (tertiary/aromatic N) is 1. The maximum atomic E-state index is 12.3. The Bertz CT molecular complexity index is 439. The third-order valence-corrected chi connectivity index (χ3v) is 5.90. The molecule has 0 radical (unpaired) electrons. The van der Waals surface area contributed by atoms with Crippen molar-refractivity contribution in [3.63, 3.8) is 0 Å². The number of aliphatic carboxylic acids is 1. The molecule has 2 aliphatic carbocycles. The first-order valence-electron chi connectivity index (χ1n) is 8.24. The second-order valence-electron chi connectivity index (χ2n) is 7.51. The van der Waals surface area contributed by atoms with Crippen molar-refractivity contribution < 1.29 is 14.7 Å². The molecule has 0 spiro atoms. The molecule has 0 aromatic carbocycles. The van der Waals surface area contributed by atoms with Gasteiger partial charge in [-0.3, -0.25) is 4.79 Å². The van der Waals surface area contributed by atoms with Crippen LogP contribution in [0.15, 0.2) is 0 Å². The molecule has 21 heavy (non-hydrogen) atoms. The predicted molar refractivity (Wildman–Crippen MR) is 78.9 cm³/mol. The molecule has 1 heterocycles. The van der Waals surface area contributed by atoms with E-state index in [-0.39, 0.29) is 6.03 Å². The highest BCUT2D eigenvalue weighted by molar-refractivity contribution is 5.78. The monoisotopic (exact) mass is 294 g/mol. The van der Waals surface area contributed by atoms with E-state index >= 15 is 0 Å². The normalized spacial score (nSPS) is 38.5. The highest BCUT2D eigenvalue weighted by Gasteiger charge is 2.41. The number of urea groups is 1. The van der Waals surface area contributed by atoms with Gasteiger partial charge < -0.3 is 15.3 Å². The smallest absolute Gasteiger partial charge is 0.317 e. The molecule has 3 fully saturated rings. The average Bonchev–Trinajstić information content (AvgIpc) is 3.07. The molecule has 0 aromatic heterocycles. The summed E-state index contributed by atoms with van der Waals surface area (Å²) in [6.45, 7) is 3.50. The van der Waals surface area contributed by atoms with Gasteiger partial charge in [-0.1, -0.05) is 6.42 Å². The molecule has 1 aliphatic heterocycles. The molecule has 3 aliphatic rings. The molecule has 5 nitrogen and oxygen atoms in total. The average molecular weight is 294 g/mol. The van der Waals surface area contributed by atoms with E-state index in [1.54, 1.807) is 11.8 Å². The number of carboxylic acids is 1. The number of fused-ring (bicyclic) bond motifs is 2. The minimum atomic E-state index is -0.798. The summed E-state index contributed by atoms with van der Waals surface area (Å²) in [6.07, 6.45) is 6.73. The number of piperidine rings is 1. The van der Waals surface area contributed by atoms with E-state index in [0.29, 0.717) is 25.4 Å². The van der Waals surface area contributed by atoms with E-state index < -0.39 is 11.4 Å². The lowest BCUT2D eigenvalue weighted by molar-refractivity contribution is -0.150. The van der Waals surface area contributed by atoms with Gasteiger partial charge in [0.1, 0.15) is 0 Å². The SMILES string of the molecule is CC1(C(=O)O)CCCN(C(=O)NCC2CC3CCC2C3)C1. The first kappa shape index (κ1) is 14.7. The Balaban J connectivity index is 1.50. The van der Waals surface area contributed by atoms with Gasteiger partial charge in [-0.15, -0.1) is 0 Å². The van der Waals surface area contributed by atoms with E-state index in [1.807, 2.05) is 0 Å². The van der Waals surface area contributed by atoms with Crippen LogP contribution < -0.4 is 5.32 Å². The zero-order chi connectivity index (χ0) is 15.0. The summed E-state index contributed by atoms with van der Waals surface area (Å²) < 4.78 is 0. The van der Waals surface area contributed by atoms with Gasteiger partial charge in [0.15, 0.2) is 0 Å². The van der Waals surface area contributed by atoms with Gasteiger partial charge >= 0.3 is 12.0 Å². The number of amides is 2. The number of carbonyl (C=O) groups excluding carboxylic acids is 1.